The summed E-state index contributed by atoms with van der Waals surface area (Å²) in [6.45, 7) is 3.24. The van der Waals surface area contributed by atoms with E-state index in [-0.39, 0.29) is 5.91 Å². The van der Waals surface area contributed by atoms with Crippen LogP contribution < -0.4 is 11.1 Å². The van der Waals surface area contributed by atoms with Gasteiger partial charge in [-0.1, -0.05) is 29.8 Å². The highest BCUT2D eigenvalue weighted by atomic mass is 32.1. The molecular formula is C15H19N3OS. The van der Waals surface area contributed by atoms with Crippen LogP contribution in [-0.2, 0) is 12.8 Å². The minimum absolute atomic E-state index is 0.114. The second kappa shape index (κ2) is 7.17. The number of thiazole rings is 1. The average Bonchev–Trinajstić information content (AvgIpc) is 2.88. The van der Waals surface area contributed by atoms with Crippen LogP contribution in [0.3, 0.4) is 0 Å². The van der Waals surface area contributed by atoms with E-state index in [4.69, 9.17) is 5.73 Å². The van der Waals surface area contributed by atoms with Crippen LogP contribution in [0.1, 0.15) is 26.6 Å². The number of aromatic nitrogens is 1. The summed E-state index contributed by atoms with van der Waals surface area (Å²) < 4.78 is 0. The number of nitrogens with two attached hydrogens (primary N) is 1. The zero-order chi connectivity index (χ0) is 14.4. The first-order chi connectivity index (χ1) is 9.69. The zero-order valence-corrected chi connectivity index (χ0v) is 12.4. The van der Waals surface area contributed by atoms with Crippen molar-refractivity contribution in [3.63, 3.8) is 0 Å². The molecule has 1 heterocycles. The molecule has 1 aromatic heterocycles. The van der Waals surface area contributed by atoms with Gasteiger partial charge in [0.05, 0.1) is 5.01 Å². The second-order valence-corrected chi connectivity index (χ2v) is 5.60. The maximum absolute atomic E-state index is 11.9. The molecule has 106 valence electrons. The quantitative estimate of drug-likeness (QED) is 0.854. The molecule has 0 saturated heterocycles. The smallest absolute Gasteiger partial charge is 0.270 e. The van der Waals surface area contributed by atoms with E-state index in [9.17, 15) is 4.79 Å². The Hall–Kier alpha value is -1.72. The van der Waals surface area contributed by atoms with Gasteiger partial charge in [-0.05, 0) is 25.5 Å². The Morgan fingerprint density at radius 3 is 3.00 bits per heavy atom. The first-order valence-corrected chi connectivity index (χ1v) is 7.55. The van der Waals surface area contributed by atoms with E-state index in [0.29, 0.717) is 18.8 Å². The summed E-state index contributed by atoms with van der Waals surface area (Å²) in [5.74, 6) is -0.114. The molecule has 0 radical (unpaired) electrons. The summed E-state index contributed by atoms with van der Waals surface area (Å²) in [5.41, 5.74) is 8.42. The lowest BCUT2D eigenvalue weighted by atomic mass is 10.1. The summed E-state index contributed by atoms with van der Waals surface area (Å²) in [7, 11) is 0. The van der Waals surface area contributed by atoms with Crippen LogP contribution in [0.5, 0.6) is 0 Å². The number of rotatable bonds is 6. The molecule has 0 spiro atoms. The molecule has 4 nitrogen and oxygen atoms in total. The molecule has 5 heteroatoms. The summed E-state index contributed by atoms with van der Waals surface area (Å²) in [4.78, 5) is 16.2. The summed E-state index contributed by atoms with van der Waals surface area (Å²) >= 11 is 1.48. The predicted molar refractivity (Wildman–Crippen MR) is 82.1 cm³/mol. The first-order valence-electron chi connectivity index (χ1n) is 6.67. The highest BCUT2D eigenvalue weighted by Crippen LogP contribution is 2.10. The van der Waals surface area contributed by atoms with Gasteiger partial charge in [0.15, 0.2) is 0 Å². The van der Waals surface area contributed by atoms with Gasteiger partial charge in [-0.15, -0.1) is 11.3 Å². The molecule has 0 aliphatic heterocycles. The Morgan fingerprint density at radius 1 is 1.40 bits per heavy atom. The number of aryl methyl sites for hydroxylation is 1. The van der Waals surface area contributed by atoms with Crippen molar-refractivity contribution < 1.29 is 4.79 Å². The molecule has 0 aliphatic rings. The van der Waals surface area contributed by atoms with Crippen molar-refractivity contribution in [1.29, 1.82) is 0 Å². The number of amides is 1. The highest BCUT2D eigenvalue weighted by Gasteiger charge is 2.09. The number of nitrogens with one attached hydrogen (secondary N) is 1. The standard InChI is InChI=1S/C15H19N3OS/c1-11-3-2-4-12(9-11)6-8-17-15(19)13-10-20-14(18-13)5-7-16/h2-4,9-10H,5-8,16H2,1H3,(H,17,19). The molecule has 1 amide bonds. The van der Waals surface area contributed by atoms with E-state index in [1.54, 1.807) is 5.38 Å². The Bertz CT molecular complexity index is 580. The Labute approximate surface area is 123 Å². The fraction of sp³-hybridized carbons (Fsp3) is 0.333. The van der Waals surface area contributed by atoms with Crippen molar-refractivity contribution in [3.05, 3.63) is 51.5 Å². The summed E-state index contributed by atoms with van der Waals surface area (Å²) in [6.07, 6.45) is 1.55. The van der Waals surface area contributed by atoms with E-state index >= 15 is 0 Å². The Balaban J connectivity index is 1.82. The van der Waals surface area contributed by atoms with Crippen LogP contribution in [0, 0.1) is 6.92 Å². The molecule has 3 N–H and O–H groups in total. The molecule has 0 unspecified atom stereocenters. The van der Waals surface area contributed by atoms with Crippen LogP contribution in [0.2, 0.25) is 0 Å². The third-order valence-electron chi connectivity index (χ3n) is 2.92. The molecule has 2 rings (SSSR count). The number of carbonyl (C=O) groups excluding carboxylic acids is 1. The zero-order valence-electron chi connectivity index (χ0n) is 11.6. The van der Waals surface area contributed by atoms with Gasteiger partial charge < -0.3 is 11.1 Å². The predicted octanol–water partition coefficient (Wildman–Crippen LogP) is 1.93. The molecule has 0 atom stereocenters. The lowest BCUT2D eigenvalue weighted by Gasteiger charge is -2.04. The highest BCUT2D eigenvalue weighted by molar-refractivity contribution is 7.09. The maximum atomic E-state index is 11.9. The number of hydrogen-bond donors (Lipinski definition) is 2. The van der Waals surface area contributed by atoms with Crippen molar-refractivity contribution in [3.8, 4) is 0 Å². The van der Waals surface area contributed by atoms with Gasteiger partial charge in [0.2, 0.25) is 0 Å². The molecule has 20 heavy (non-hydrogen) atoms. The number of nitrogens with zero attached hydrogens (tertiary/aromatic N) is 1. The van der Waals surface area contributed by atoms with Crippen molar-refractivity contribution >= 4 is 17.2 Å². The van der Waals surface area contributed by atoms with Crippen LogP contribution in [0.4, 0.5) is 0 Å². The van der Waals surface area contributed by atoms with E-state index in [1.165, 1.54) is 22.5 Å². The van der Waals surface area contributed by atoms with E-state index < -0.39 is 0 Å². The van der Waals surface area contributed by atoms with Gasteiger partial charge in [0.1, 0.15) is 5.69 Å². The summed E-state index contributed by atoms with van der Waals surface area (Å²) in [5, 5.41) is 5.59. The van der Waals surface area contributed by atoms with Crippen molar-refractivity contribution in [2.45, 2.75) is 19.8 Å². The van der Waals surface area contributed by atoms with Crippen molar-refractivity contribution in [2.75, 3.05) is 13.1 Å². The molecule has 0 fully saturated rings. The van der Waals surface area contributed by atoms with E-state index in [0.717, 1.165) is 17.8 Å². The Kier molecular flexibility index (Phi) is 5.26. The van der Waals surface area contributed by atoms with Crippen LogP contribution >= 0.6 is 11.3 Å². The van der Waals surface area contributed by atoms with E-state index in [2.05, 4.69) is 35.4 Å². The maximum Gasteiger partial charge on any atom is 0.270 e. The molecule has 0 saturated carbocycles. The van der Waals surface area contributed by atoms with Gasteiger partial charge in [-0.25, -0.2) is 4.98 Å². The van der Waals surface area contributed by atoms with Crippen molar-refractivity contribution in [2.24, 2.45) is 5.73 Å². The minimum atomic E-state index is -0.114. The third-order valence-corrected chi connectivity index (χ3v) is 3.83. The van der Waals surface area contributed by atoms with Gasteiger partial charge in [0, 0.05) is 18.3 Å². The lowest BCUT2D eigenvalue weighted by molar-refractivity contribution is 0.0949. The monoisotopic (exact) mass is 289 g/mol. The number of carbonyl (C=O) groups is 1. The molecule has 2 aromatic rings. The summed E-state index contributed by atoms with van der Waals surface area (Å²) in [6, 6.07) is 8.30. The topological polar surface area (TPSA) is 68.0 Å². The van der Waals surface area contributed by atoms with Crippen LogP contribution in [-0.4, -0.2) is 24.0 Å². The average molecular weight is 289 g/mol. The Morgan fingerprint density at radius 2 is 2.25 bits per heavy atom. The second-order valence-electron chi connectivity index (χ2n) is 4.66. The number of benzene rings is 1. The molecule has 0 aliphatic carbocycles. The van der Waals surface area contributed by atoms with Crippen LogP contribution in [0.25, 0.3) is 0 Å². The number of hydrogen-bond acceptors (Lipinski definition) is 4. The van der Waals surface area contributed by atoms with Crippen molar-refractivity contribution in [1.82, 2.24) is 10.3 Å². The lowest BCUT2D eigenvalue weighted by Crippen LogP contribution is -2.26. The SMILES string of the molecule is Cc1cccc(CCNC(=O)c2csc(CCN)n2)c1. The molecular weight excluding hydrogens is 270 g/mol. The fourth-order valence-electron chi connectivity index (χ4n) is 1.93. The van der Waals surface area contributed by atoms with Gasteiger partial charge in [-0.3, -0.25) is 4.79 Å². The fourth-order valence-corrected chi connectivity index (χ4v) is 2.73. The molecule has 0 bridgehead atoms. The normalized spacial score (nSPS) is 10.5. The van der Waals surface area contributed by atoms with Gasteiger partial charge in [0.25, 0.3) is 5.91 Å². The van der Waals surface area contributed by atoms with Gasteiger partial charge in [-0.2, -0.15) is 0 Å². The molecule has 1 aromatic carbocycles. The largest absolute Gasteiger partial charge is 0.350 e. The van der Waals surface area contributed by atoms with E-state index in [1.807, 2.05) is 6.07 Å². The first kappa shape index (κ1) is 14.7. The third kappa shape index (κ3) is 4.15. The van der Waals surface area contributed by atoms with Gasteiger partial charge >= 0.3 is 0 Å². The minimum Gasteiger partial charge on any atom is -0.350 e. The van der Waals surface area contributed by atoms with Crippen LogP contribution in [0.15, 0.2) is 29.6 Å².